The zero-order chi connectivity index (χ0) is 14.7. The smallest absolute Gasteiger partial charge is 0.328 e. The minimum absolute atomic E-state index is 0.491. The molecular weight excluding hydrogens is 274 g/mol. The quantitative estimate of drug-likeness (QED) is 0.851. The number of carbonyl (C=O) groups is 1. The van der Waals surface area contributed by atoms with Crippen LogP contribution in [0.2, 0.25) is 5.02 Å². The summed E-state index contributed by atoms with van der Waals surface area (Å²) in [4.78, 5) is 13.1. The summed E-state index contributed by atoms with van der Waals surface area (Å²) < 4.78 is 0. The van der Waals surface area contributed by atoms with E-state index in [1.54, 1.807) is 12.1 Å². The van der Waals surface area contributed by atoms with Crippen molar-refractivity contribution in [3.8, 4) is 0 Å². The third-order valence-corrected chi connectivity index (χ3v) is 4.01. The van der Waals surface area contributed by atoms with Crippen molar-refractivity contribution in [1.29, 1.82) is 0 Å². The summed E-state index contributed by atoms with van der Waals surface area (Å²) in [5.41, 5.74) is 1.94. The van der Waals surface area contributed by atoms with E-state index in [1.165, 1.54) is 12.5 Å². The summed E-state index contributed by atoms with van der Waals surface area (Å²) in [5.74, 6) is -0.375. The van der Waals surface area contributed by atoms with Crippen molar-refractivity contribution in [3.05, 3.63) is 34.9 Å². The summed E-state index contributed by atoms with van der Waals surface area (Å²) in [6.45, 7) is 5.44. The van der Waals surface area contributed by atoms with Gasteiger partial charge in [0.15, 0.2) is 0 Å². The number of halogens is 1. The number of rotatable bonds is 4. The van der Waals surface area contributed by atoms with Crippen LogP contribution >= 0.6 is 11.6 Å². The van der Waals surface area contributed by atoms with Gasteiger partial charge in [0.25, 0.3) is 0 Å². The molecule has 1 saturated heterocycles. The van der Waals surface area contributed by atoms with Crippen LogP contribution in [0.1, 0.15) is 32.3 Å². The van der Waals surface area contributed by atoms with Gasteiger partial charge >= 0.3 is 5.97 Å². The lowest BCUT2D eigenvalue weighted by molar-refractivity contribution is -0.131. The normalized spacial score (nSPS) is 19.2. The average Bonchev–Trinajstić information content (AvgIpc) is 2.86. The molecule has 1 aliphatic heterocycles. The van der Waals surface area contributed by atoms with Crippen LogP contribution in [0, 0.1) is 5.92 Å². The first-order valence-corrected chi connectivity index (χ1v) is 7.34. The van der Waals surface area contributed by atoms with Crippen LogP contribution in [0.3, 0.4) is 0 Å². The minimum Gasteiger partial charge on any atom is -0.478 e. The van der Waals surface area contributed by atoms with Crippen LogP contribution in [-0.2, 0) is 4.79 Å². The first-order valence-electron chi connectivity index (χ1n) is 6.96. The first-order chi connectivity index (χ1) is 9.49. The first kappa shape index (κ1) is 14.9. The molecular formula is C16H20ClNO2. The average molecular weight is 294 g/mol. The molecule has 0 amide bonds. The van der Waals surface area contributed by atoms with Gasteiger partial charge < -0.3 is 10.0 Å². The molecule has 108 valence electrons. The molecule has 4 heteroatoms. The van der Waals surface area contributed by atoms with Gasteiger partial charge in [0.05, 0.1) is 0 Å². The molecule has 2 rings (SSSR count). The molecule has 1 aliphatic rings. The Morgan fingerprint density at radius 2 is 2.25 bits per heavy atom. The molecule has 1 aromatic carbocycles. The molecule has 3 nitrogen and oxygen atoms in total. The molecule has 1 atom stereocenters. The summed E-state index contributed by atoms with van der Waals surface area (Å²) in [7, 11) is 0. The van der Waals surface area contributed by atoms with E-state index in [2.05, 4.69) is 18.7 Å². The van der Waals surface area contributed by atoms with Crippen molar-refractivity contribution >= 4 is 29.3 Å². The maximum Gasteiger partial charge on any atom is 0.328 e. The zero-order valence-electron chi connectivity index (χ0n) is 11.8. The van der Waals surface area contributed by atoms with E-state index in [4.69, 9.17) is 16.7 Å². The fourth-order valence-corrected chi connectivity index (χ4v) is 3.02. The Balaban J connectivity index is 2.38. The summed E-state index contributed by atoms with van der Waals surface area (Å²) in [5, 5.41) is 9.48. The number of hydrogen-bond acceptors (Lipinski definition) is 2. The van der Waals surface area contributed by atoms with E-state index in [1.807, 2.05) is 12.1 Å². The number of benzene rings is 1. The van der Waals surface area contributed by atoms with E-state index in [0.717, 1.165) is 24.2 Å². The highest BCUT2D eigenvalue weighted by Crippen LogP contribution is 2.34. The molecule has 1 unspecified atom stereocenters. The van der Waals surface area contributed by atoms with Crippen LogP contribution in [-0.4, -0.2) is 23.7 Å². The van der Waals surface area contributed by atoms with Crippen molar-refractivity contribution in [2.45, 2.75) is 32.7 Å². The van der Waals surface area contributed by atoms with E-state index >= 15 is 0 Å². The Hall–Kier alpha value is -1.48. The summed E-state index contributed by atoms with van der Waals surface area (Å²) >= 11 is 6.12. The third-order valence-electron chi connectivity index (χ3n) is 3.78. The standard InChI is InChI=1S/C16H20ClNO2/c1-11(2)14-4-3-9-18(14)15-10-13(17)7-5-12(15)6-8-16(19)20/h5-8,10-11,14H,3-4,9H2,1-2H3,(H,19,20)/b8-6+. The second-order valence-corrected chi connectivity index (χ2v) is 5.96. The van der Waals surface area contributed by atoms with Gasteiger partial charge in [-0.25, -0.2) is 4.79 Å². The van der Waals surface area contributed by atoms with Gasteiger partial charge in [0.1, 0.15) is 0 Å². The number of hydrogen-bond donors (Lipinski definition) is 1. The lowest BCUT2D eigenvalue weighted by Crippen LogP contribution is -2.33. The lowest BCUT2D eigenvalue weighted by Gasteiger charge is -2.31. The Labute approximate surface area is 124 Å². The van der Waals surface area contributed by atoms with E-state index in [0.29, 0.717) is 17.0 Å². The monoisotopic (exact) mass is 293 g/mol. The number of anilines is 1. The van der Waals surface area contributed by atoms with E-state index < -0.39 is 5.97 Å². The molecule has 0 aliphatic carbocycles. The fourth-order valence-electron chi connectivity index (χ4n) is 2.85. The highest BCUT2D eigenvalue weighted by molar-refractivity contribution is 6.31. The molecule has 1 N–H and O–H groups in total. The fraction of sp³-hybridized carbons (Fsp3) is 0.438. The molecule has 0 bridgehead atoms. The molecule has 0 spiro atoms. The molecule has 0 radical (unpaired) electrons. The van der Waals surface area contributed by atoms with Gasteiger partial charge in [-0.3, -0.25) is 0 Å². The van der Waals surface area contributed by atoms with Gasteiger partial charge in [0, 0.05) is 29.4 Å². The predicted octanol–water partition coefficient (Wildman–Crippen LogP) is 4.06. The van der Waals surface area contributed by atoms with E-state index in [-0.39, 0.29) is 0 Å². The van der Waals surface area contributed by atoms with Crippen molar-refractivity contribution in [2.24, 2.45) is 5.92 Å². The topological polar surface area (TPSA) is 40.5 Å². The maximum atomic E-state index is 10.7. The Bertz CT molecular complexity index is 525. The molecule has 1 fully saturated rings. The molecule has 1 heterocycles. The number of carboxylic acid groups (broad SMARTS) is 1. The van der Waals surface area contributed by atoms with Crippen molar-refractivity contribution < 1.29 is 9.90 Å². The van der Waals surface area contributed by atoms with Crippen LogP contribution in [0.15, 0.2) is 24.3 Å². The zero-order valence-corrected chi connectivity index (χ0v) is 12.6. The second kappa shape index (κ2) is 6.31. The Morgan fingerprint density at radius 1 is 1.50 bits per heavy atom. The third kappa shape index (κ3) is 3.34. The lowest BCUT2D eigenvalue weighted by atomic mass is 10.0. The van der Waals surface area contributed by atoms with E-state index in [9.17, 15) is 4.79 Å². The van der Waals surface area contributed by atoms with Crippen LogP contribution in [0.25, 0.3) is 6.08 Å². The van der Waals surface area contributed by atoms with Gasteiger partial charge in [0.2, 0.25) is 0 Å². The Kier molecular flexibility index (Phi) is 4.71. The molecule has 0 aromatic heterocycles. The van der Waals surface area contributed by atoms with Crippen molar-refractivity contribution in [2.75, 3.05) is 11.4 Å². The largest absolute Gasteiger partial charge is 0.478 e. The molecule has 20 heavy (non-hydrogen) atoms. The van der Waals surface area contributed by atoms with Crippen molar-refractivity contribution in [3.63, 3.8) is 0 Å². The van der Waals surface area contributed by atoms with Gasteiger partial charge in [-0.15, -0.1) is 0 Å². The number of nitrogens with zero attached hydrogens (tertiary/aromatic N) is 1. The van der Waals surface area contributed by atoms with Crippen molar-refractivity contribution in [1.82, 2.24) is 0 Å². The van der Waals surface area contributed by atoms with Gasteiger partial charge in [-0.05, 0) is 42.5 Å². The maximum absolute atomic E-state index is 10.7. The number of aliphatic carboxylic acids is 1. The SMILES string of the molecule is CC(C)C1CCCN1c1cc(Cl)ccc1/C=C/C(=O)O. The van der Waals surface area contributed by atoms with Crippen LogP contribution in [0.5, 0.6) is 0 Å². The second-order valence-electron chi connectivity index (χ2n) is 5.52. The Morgan fingerprint density at radius 3 is 2.90 bits per heavy atom. The molecule has 0 saturated carbocycles. The van der Waals surface area contributed by atoms with Gasteiger partial charge in [-0.2, -0.15) is 0 Å². The summed E-state index contributed by atoms with van der Waals surface area (Å²) in [6.07, 6.45) is 5.15. The van der Waals surface area contributed by atoms with Crippen LogP contribution in [0.4, 0.5) is 5.69 Å². The summed E-state index contributed by atoms with van der Waals surface area (Å²) in [6, 6.07) is 6.11. The molecule has 1 aromatic rings. The number of carboxylic acids is 1. The highest BCUT2D eigenvalue weighted by Gasteiger charge is 2.28. The van der Waals surface area contributed by atoms with Gasteiger partial charge in [-0.1, -0.05) is 31.5 Å². The highest BCUT2D eigenvalue weighted by atomic mass is 35.5. The predicted molar refractivity (Wildman–Crippen MR) is 83.3 cm³/mol. The minimum atomic E-state index is -0.937. The van der Waals surface area contributed by atoms with Crippen LogP contribution < -0.4 is 4.90 Å².